The van der Waals surface area contributed by atoms with Crippen LogP contribution in [0.25, 0.3) is 0 Å². The average molecular weight is 505 g/mol. The van der Waals surface area contributed by atoms with E-state index < -0.39 is 29.9 Å². The molecule has 13 heteroatoms. The van der Waals surface area contributed by atoms with E-state index in [2.05, 4.69) is 15.3 Å². The van der Waals surface area contributed by atoms with Crippen LogP contribution in [0.1, 0.15) is 26.0 Å². The van der Waals surface area contributed by atoms with Gasteiger partial charge in [0, 0.05) is 40.6 Å². The van der Waals surface area contributed by atoms with E-state index in [-0.39, 0.29) is 40.0 Å². The van der Waals surface area contributed by atoms with E-state index in [9.17, 15) is 33.0 Å². The predicted molar refractivity (Wildman–Crippen MR) is 115 cm³/mol. The predicted octanol–water partition coefficient (Wildman–Crippen LogP) is 2.20. The smallest absolute Gasteiger partial charge is 0.433 e. The van der Waals surface area contributed by atoms with E-state index in [0.717, 1.165) is 24.0 Å². The lowest BCUT2D eigenvalue weighted by Gasteiger charge is -2.46. The Morgan fingerprint density at radius 1 is 1.42 bits per heavy atom. The Bertz CT molecular complexity index is 990. The Morgan fingerprint density at radius 3 is 2.79 bits per heavy atom. The number of nitrogens with one attached hydrogen (secondary N) is 1. The lowest BCUT2D eigenvalue weighted by Crippen LogP contribution is -2.63. The van der Waals surface area contributed by atoms with E-state index >= 15 is 0 Å². The first kappa shape index (κ1) is 24.3. The number of β-lactam (4-membered cyclic amide) rings is 1. The Labute approximate surface area is 196 Å². The van der Waals surface area contributed by atoms with Crippen molar-refractivity contribution in [2.75, 3.05) is 12.3 Å². The summed E-state index contributed by atoms with van der Waals surface area (Å²) < 4.78 is 38.5. The summed E-state index contributed by atoms with van der Waals surface area (Å²) >= 11 is 2.56. The average Bonchev–Trinajstić information content (AvgIpc) is 3.27. The number of amides is 1. The number of halogens is 3. The quantitative estimate of drug-likeness (QED) is 0.292. The largest absolute Gasteiger partial charge is 0.477 e. The highest BCUT2D eigenvalue weighted by Gasteiger charge is 2.60. The molecule has 0 saturated carbocycles. The fourth-order valence-electron chi connectivity index (χ4n) is 4.60. The van der Waals surface area contributed by atoms with Crippen LogP contribution in [0.15, 0.2) is 28.0 Å². The van der Waals surface area contributed by atoms with Gasteiger partial charge in [-0.2, -0.15) is 13.2 Å². The molecule has 6 atom stereocenters. The molecule has 4 heterocycles. The van der Waals surface area contributed by atoms with Crippen molar-refractivity contribution < 1.29 is 33.0 Å². The van der Waals surface area contributed by atoms with Gasteiger partial charge in [-0.3, -0.25) is 4.79 Å². The number of thioether (sulfide) groups is 2. The number of hydrogen-bond acceptors (Lipinski definition) is 8. The lowest BCUT2D eigenvalue weighted by atomic mass is 9.79. The third-order valence-corrected chi connectivity index (χ3v) is 8.66. The van der Waals surface area contributed by atoms with E-state index in [0.29, 0.717) is 23.6 Å². The van der Waals surface area contributed by atoms with Crippen molar-refractivity contribution in [3.05, 3.63) is 28.6 Å². The summed E-state index contributed by atoms with van der Waals surface area (Å²) in [5.41, 5.74) is -0.986. The summed E-state index contributed by atoms with van der Waals surface area (Å²) in [6, 6.07) is 0.474. The topological polar surface area (TPSA) is 116 Å². The summed E-state index contributed by atoms with van der Waals surface area (Å²) in [5, 5.41) is 23.1. The molecule has 0 bridgehead atoms. The number of hydrogen-bond donors (Lipinski definition) is 3. The van der Waals surface area contributed by atoms with Crippen LogP contribution in [0.5, 0.6) is 0 Å². The molecule has 3 aliphatic rings. The molecule has 2 saturated heterocycles. The van der Waals surface area contributed by atoms with Crippen molar-refractivity contribution in [3.8, 4) is 0 Å². The number of aliphatic hydroxyl groups is 1. The number of aliphatic carboxylic acids is 1. The van der Waals surface area contributed by atoms with Crippen molar-refractivity contribution in [2.24, 2.45) is 11.8 Å². The fourth-order valence-corrected chi connectivity index (χ4v) is 7.02. The van der Waals surface area contributed by atoms with Crippen LogP contribution < -0.4 is 5.32 Å². The molecular weight excluding hydrogens is 481 g/mol. The monoisotopic (exact) mass is 504 g/mol. The second kappa shape index (κ2) is 9.08. The van der Waals surface area contributed by atoms with Gasteiger partial charge >= 0.3 is 12.1 Å². The number of aliphatic hydroxyl groups excluding tert-OH is 1. The van der Waals surface area contributed by atoms with Gasteiger partial charge in [-0.1, -0.05) is 18.7 Å². The summed E-state index contributed by atoms with van der Waals surface area (Å²) in [5.74, 6) is -1.87. The minimum atomic E-state index is -4.53. The summed E-state index contributed by atoms with van der Waals surface area (Å²) in [4.78, 5) is 33.8. The molecule has 180 valence electrons. The lowest BCUT2D eigenvalue weighted by molar-refractivity contribution is -0.163. The van der Waals surface area contributed by atoms with Gasteiger partial charge in [0.2, 0.25) is 5.91 Å². The number of carboxylic acids is 1. The van der Waals surface area contributed by atoms with Crippen LogP contribution in [-0.4, -0.2) is 72.7 Å². The van der Waals surface area contributed by atoms with Crippen LogP contribution in [0, 0.1) is 11.8 Å². The normalized spacial score (nSPS) is 30.4. The van der Waals surface area contributed by atoms with E-state index in [1.54, 1.807) is 0 Å². The van der Waals surface area contributed by atoms with Gasteiger partial charge in [0.1, 0.15) is 11.4 Å². The van der Waals surface area contributed by atoms with E-state index in [1.807, 2.05) is 6.92 Å². The van der Waals surface area contributed by atoms with Crippen LogP contribution in [0.2, 0.25) is 0 Å². The van der Waals surface area contributed by atoms with Gasteiger partial charge in [-0.15, -0.1) is 11.8 Å². The molecule has 1 aromatic rings. The van der Waals surface area contributed by atoms with E-state index in [1.165, 1.54) is 23.6 Å². The molecule has 0 aliphatic carbocycles. The molecule has 0 unspecified atom stereocenters. The molecule has 8 nitrogen and oxygen atoms in total. The molecule has 33 heavy (non-hydrogen) atoms. The molecule has 3 aliphatic heterocycles. The van der Waals surface area contributed by atoms with Crippen LogP contribution in [0.4, 0.5) is 13.2 Å². The Morgan fingerprint density at radius 2 is 2.15 bits per heavy atom. The number of rotatable bonds is 7. The van der Waals surface area contributed by atoms with Crippen molar-refractivity contribution in [1.82, 2.24) is 20.2 Å². The summed E-state index contributed by atoms with van der Waals surface area (Å²) in [6.07, 6.45) is -3.61. The molecule has 3 N–H and O–H groups in total. The summed E-state index contributed by atoms with van der Waals surface area (Å²) in [6.45, 7) is 4.01. The first-order valence-electron chi connectivity index (χ1n) is 10.4. The van der Waals surface area contributed by atoms with Crippen molar-refractivity contribution in [2.45, 2.75) is 55.0 Å². The third kappa shape index (κ3) is 4.60. The van der Waals surface area contributed by atoms with Crippen LogP contribution >= 0.6 is 23.5 Å². The first-order chi connectivity index (χ1) is 15.5. The first-order valence-corrected chi connectivity index (χ1v) is 12.3. The second-order valence-electron chi connectivity index (χ2n) is 8.39. The van der Waals surface area contributed by atoms with Crippen LogP contribution in [-0.2, 0) is 15.8 Å². The number of fused-ring (bicyclic) bond motifs is 1. The molecule has 2 fully saturated rings. The second-order valence-corrected chi connectivity index (χ2v) is 10.7. The molecular formula is C20H23F3N4O4S2. The van der Waals surface area contributed by atoms with Crippen molar-refractivity contribution in [1.29, 1.82) is 0 Å². The SMILES string of the molecule is C[C@@H](O)[C@H]1C(=O)N2C(C(=O)O)=C(S[C@@H]3CN[C@H](CSc4nccc(C(F)(F)F)n4)C3)[C@H](C)[C@H]12. The van der Waals surface area contributed by atoms with Gasteiger partial charge in [0.25, 0.3) is 0 Å². The number of carbonyl (C=O) groups is 2. The maximum absolute atomic E-state index is 12.8. The fraction of sp³-hybridized carbons (Fsp3) is 0.600. The summed E-state index contributed by atoms with van der Waals surface area (Å²) in [7, 11) is 0. The Kier molecular flexibility index (Phi) is 6.69. The maximum atomic E-state index is 12.8. The van der Waals surface area contributed by atoms with Gasteiger partial charge in [-0.05, 0) is 19.4 Å². The minimum absolute atomic E-state index is 0.0000950. The minimum Gasteiger partial charge on any atom is -0.477 e. The Hall–Kier alpha value is -1.83. The maximum Gasteiger partial charge on any atom is 0.433 e. The number of aromatic nitrogens is 2. The molecule has 0 aromatic carbocycles. The molecule has 1 amide bonds. The zero-order chi connectivity index (χ0) is 24.1. The number of carbonyl (C=O) groups excluding carboxylic acids is 1. The van der Waals surface area contributed by atoms with Crippen LogP contribution in [0.3, 0.4) is 0 Å². The number of nitrogens with zero attached hydrogens (tertiary/aromatic N) is 3. The van der Waals surface area contributed by atoms with Gasteiger partial charge in [0.05, 0.1) is 18.1 Å². The molecule has 0 radical (unpaired) electrons. The molecule has 0 spiro atoms. The van der Waals surface area contributed by atoms with Gasteiger partial charge < -0.3 is 20.4 Å². The van der Waals surface area contributed by atoms with Gasteiger partial charge in [0.15, 0.2) is 5.16 Å². The Balaban J connectivity index is 1.38. The van der Waals surface area contributed by atoms with E-state index in [4.69, 9.17) is 0 Å². The highest BCUT2D eigenvalue weighted by atomic mass is 32.2. The number of carboxylic acid groups (broad SMARTS) is 1. The molecule has 4 rings (SSSR count). The third-order valence-electron chi connectivity index (χ3n) is 6.12. The van der Waals surface area contributed by atoms with Gasteiger partial charge in [-0.25, -0.2) is 14.8 Å². The van der Waals surface area contributed by atoms with Crippen molar-refractivity contribution >= 4 is 35.4 Å². The standard InChI is InChI=1S/C20H23F3N4O4S2/c1-8-14-13(9(2)28)17(29)27(14)15(18(30)31)16(8)33-11-5-10(25-6-11)7-32-19-24-4-3-12(26-19)20(21,22)23/h3-4,8-11,13-14,25,28H,5-7H2,1-2H3,(H,30,31)/t8-,9-,10+,11+,13-,14-/m1/s1. The number of alkyl halides is 3. The zero-order valence-corrected chi connectivity index (χ0v) is 19.4. The molecule has 1 aromatic heterocycles. The highest BCUT2D eigenvalue weighted by Crippen LogP contribution is 2.51. The zero-order valence-electron chi connectivity index (χ0n) is 17.7. The highest BCUT2D eigenvalue weighted by molar-refractivity contribution is 8.03. The van der Waals surface area contributed by atoms with Crippen molar-refractivity contribution in [3.63, 3.8) is 0 Å².